The van der Waals surface area contributed by atoms with Crippen molar-refractivity contribution in [3.05, 3.63) is 63.4 Å². The van der Waals surface area contributed by atoms with Gasteiger partial charge in [-0.2, -0.15) is 0 Å². The summed E-state index contributed by atoms with van der Waals surface area (Å²) in [6, 6.07) is 9.39. The molecule has 1 N–H and O–H groups in total. The molecule has 0 aromatic heterocycles. The van der Waals surface area contributed by atoms with E-state index in [-0.39, 0.29) is 17.4 Å². The Morgan fingerprint density at radius 3 is 2.65 bits per heavy atom. The summed E-state index contributed by atoms with van der Waals surface area (Å²) in [5.41, 5.74) is 1.25. The van der Waals surface area contributed by atoms with Crippen LogP contribution in [0.5, 0.6) is 5.75 Å². The molecule has 2 aromatic carbocycles. The number of hydrogen-bond acceptors (Lipinski definition) is 2. The monoisotopic (exact) mass is 355 g/mol. The Labute approximate surface area is 144 Å². The zero-order chi connectivity index (χ0) is 17.0. The molecule has 0 radical (unpaired) electrons. The number of ether oxygens (including phenoxy) is 1. The molecule has 0 spiro atoms. The molecule has 0 saturated heterocycles. The van der Waals surface area contributed by atoms with Crippen LogP contribution in [0.4, 0.5) is 4.39 Å². The Bertz CT molecular complexity index is 722. The van der Waals surface area contributed by atoms with Crippen molar-refractivity contribution >= 4 is 29.1 Å². The minimum Gasteiger partial charge on any atom is -0.496 e. The summed E-state index contributed by atoms with van der Waals surface area (Å²) < 4.78 is 18.8. The molecule has 1 unspecified atom stereocenters. The highest BCUT2D eigenvalue weighted by atomic mass is 35.5. The number of amides is 1. The van der Waals surface area contributed by atoms with Gasteiger partial charge in [0.2, 0.25) is 5.91 Å². The molecule has 122 valence electrons. The summed E-state index contributed by atoms with van der Waals surface area (Å²) in [4.78, 5) is 12.2. The van der Waals surface area contributed by atoms with Crippen LogP contribution >= 0.6 is 23.2 Å². The lowest BCUT2D eigenvalue weighted by Gasteiger charge is -2.17. The lowest BCUT2D eigenvalue weighted by molar-refractivity contribution is -0.121. The number of hydrogen-bond donors (Lipinski definition) is 1. The summed E-state index contributed by atoms with van der Waals surface area (Å²) in [5, 5.41) is 3.05. The van der Waals surface area contributed by atoms with Crippen LogP contribution in [0.2, 0.25) is 10.0 Å². The SMILES string of the molecule is COc1ccccc1CC(=O)NC(C)c1cc(F)c(Cl)cc1Cl. The van der Waals surface area contributed by atoms with Crippen LogP contribution in [-0.4, -0.2) is 13.0 Å². The van der Waals surface area contributed by atoms with Gasteiger partial charge in [-0.05, 0) is 30.7 Å². The number of para-hydroxylation sites is 1. The van der Waals surface area contributed by atoms with Gasteiger partial charge in [0.25, 0.3) is 0 Å². The summed E-state index contributed by atoms with van der Waals surface area (Å²) in [6.45, 7) is 1.73. The van der Waals surface area contributed by atoms with E-state index in [4.69, 9.17) is 27.9 Å². The van der Waals surface area contributed by atoms with E-state index >= 15 is 0 Å². The maximum absolute atomic E-state index is 13.6. The predicted octanol–water partition coefficient (Wildman–Crippen LogP) is 4.56. The number of halogens is 3. The summed E-state index contributed by atoms with van der Waals surface area (Å²) >= 11 is 11.7. The van der Waals surface area contributed by atoms with Crippen molar-refractivity contribution in [3.63, 3.8) is 0 Å². The Balaban J connectivity index is 2.09. The highest BCUT2D eigenvalue weighted by Gasteiger charge is 2.16. The van der Waals surface area contributed by atoms with E-state index in [1.165, 1.54) is 12.1 Å². The molecule has 1 amide bonds. The third-order valence-electron chi connectivity index (χ3n) is 3.43. The summed E-state index contributed by atoms with van der Waals surface area (Å²) in [6.07, 6.45) is 0.155. The number of carbonyl (C=O) groups is 1. The average molecular weight is 356 g/mol. The van der Waals surface area contributed by atoms with Gasteiger partial charge in [0.05, 0.1) is 24.6 Å². The van der Waals surface area contributed by atoms with E-state index in [0.717, 1.165) is 5.56 Å². The Hall–Kier alpha value is -1.78. The molecule has 0 aliphatic heterocycles. The number of methoxy groups -OCH3 is 1. The average Bonchev–Trinajstić information content (AvgIpc) is 2.51. The lowest BCUT2D eigenvalue weighted by atomic mass is 10.1. The lowest BCUT2D eigenvalue weighted by Crippen LogP contribution is -2.28. The molecular weight excluding hydrogens is 340 g/mol. The van der Waals surface area contributed by atoms with Gasteiger partial charge in [0, 0.05) is 10.6 Å². The molecule has 0 aliphatic carbocycles. The minimum atomic E-state index is -0.572. The second-order valence-electron chi connectivity index (χ2n) is 5.07. The van der Waals surface area contributed by atoms with Crippen LogP contribution in [0, 0.1) is 5.82 Å². The van der Waals surface area contributed by atoms with Crippen molar-refractivity contribution in [3.8, 4) is 5.75 Å². The van der Waals surface area contributed by atoms with Crippen molar-refractivity contribution in [2.24, 2.45) is 0 Å². The second-order valence-corrected chi connectivity index (χ2v) is 5.88. The maximum Gasteiger partial charge on any atom is 0.225 e. The van der Waals surface area contributed by atoms with Crippen molar-refractivity contribution in [1.29, 1.82) is 0 Å². The number of nitrogens with one attached hydrogen (secondary N) is 1. The van der Waals surface area contributed by atoms with Crippen LogP contribution in [0.3, 0.4) is 0 Å². The van der Waals surface area contributed by atoms with Crippen LogP contribution in [0.25, 0.3) is 0 Å². The molecule has 1 atom stereocenters. The normalized spacial score (nSPS) is 11.9. The van der Waals surface area contributed by atoms with Crippen molar-refractivity contribution in [1.82, 2.24) is 5.32 Å². The van der Waals surface area contributed by atoms with Crippen molar-refractivity contribution < 1.29 is 13.9 Å². The molecular formula is C17H16Cl2FNO2. The fourth-order valence-corrected chi connectivity index (χ4v) is 2.81. The first-order valence-corrected chi connectivity index (χ1v) is 7.73. The van der Waals surface area contributed by atoms with Gasteiger partial charge >= 0.3 is 0 Å². The van der Waals surface area contributed by atoms with Gasteiger partial charge in [-0.15, -0.1) is 0 Å². The molecule has 2 aromatic rings. The maximum atomic E-state index is 13.6. The van der Waals surface area contributed by atoms with Gasteiger partial charge in [-0.1, -0.05) is 41.4 Å². The highest BCUT2D eigenvalue weighted by Crippen LogP contribution is 2.28. The first-order chi connectivity index (χ1) is 10.9. The highest BCUT2D eigenvalue weighted by molar-refractivity contribution is 6.35. The third kappa shape index (κ3) is 4.36. The topological polar surface area (TPSA) is 38.3 Å². The molecule has 23 heavy (non-hydrogen) atoms. The standard InChI is InChI=1S/C17H16Cl2FNO2/c1-10(12-8-15(20)14(19)9-13(12)18)21-17(22)7-11-5-3-4-6-16(11)23-2/h3-6,8-10H,7H2,1-2H3,(H,21,22). The summed E-state index contributed by atoms with van der Waals surface area (Å²) in [5.74, 6) is -0.142. The molecule has 0 heterocycles. The van der Waals surface area contributed by atoms with Crippen molar-refractivity contribution in [2.45, 2.75) is 19.4 Å². The van der Waals surface area contributed by atoms with E-state index in [1.807, 2.05) is 18.2 Å². The fourth-order valence-electron chi connectivity index (χ4n) is 2.26. The third-order valence-corrected chi connectivity index (χ3v) is 4.04. The Kier molecular flexibility index (Phi) is 5.85. The van der Waals surface area contributed by atoms with Crippen LogP contribution in [-0.2, 0) is 11.2 Å². The number of benzene rings is 2. The zero-order valence-electron chi connectivity index (χ0n) is 12.7. The number of rotatable bonds is 5. The second kappa shape index (κ2) is 7.66. The Morgan fingerprint density at radius 1 is 1.26 bits per heavy atom. The van der Waals surface area contributed by atoms with Gasteiger partial charge in [-0.25, -0.2) is 4.39 Å². The quantitative estimate of drug-likeness (QED) is 0.798. The van der Waals surface area contributed by atoms with Crippen LogP contribution in [0.1, 0.15) is 24.1 Å². The zero-order valence-corrected chi connectivity index (χ0v) is 14.2. The largest absolute Gasteiger partial charge is 0.496 e. The first-order valence-electron chi connectivity index (χ1n) is 6.98. The first kappa shape index (κ1) is 17.6. The number of carbonyl (C=O) groups excluding carboxylic acids is 1. The molecule has 6 heteroatoms. The van der Waals surface area contributed by atoms with E-state index in [2.05, 4.69) is 5.32 Å². The molecule has 3 nitrogen and oxygen atoms in total. The fraction of sp³-hybridized carbons (Fsp3) is 0.235. The summed E-state index contributed by atoms with van der Waals surface area (Å²) in [7, 11) is 1.55. The molecule has 0 fully saturated rings. The molecule has 0 bridgehead atoms. The van der Waals surface area contributed by atoms with Gasteiger partial charge in [0.15, 0.2) is 0 Å². The van der Waals surface area contributed by atoms with E-state index in [1.54, 1.807) is 20.1 Å². The Morgan fingerprint density at radius 2 is 1.96 bits per heavy atom. The van der Waals surface area contributed by atoms with Crippen LogP contribution in [0.15, 0.2) is 36.4 Å². The smallest absolute Gasteiger partial charge is 0.225 e. The molecule has 0 aliphatic rings. The van der Waals surface area contributed by atoms with Gasteiger partial charge in [-0.3, -0.25) is 4.79 Å². The van der Waals surface area contributed by atoms with Gasteiger partial charge in [0.1, 0.15) is 11.6 Å². The van der Waals surface area contributed by atoms with Crippen molar-refractivity contribution in [2.75, 3.05) is 7.11 Å². The van der Waals surface area contributed by atoms with E-state index in [9.17, 15) is 9.18 Å². The predicted molar refractivity (Wildman–Crippen MR) is 89.7 cm³/mol. The van der Waals surface area contributed by atoms with Crippen LogP contribution < -0.4 is 10.1 Å². The molecule has 0 saturated carbocycles. The molecule has 2 rings (SSSR count). The van der Waals surface area contributed by atoms with E-state index < -0.39 is 11.9 Å². The minimum absolute atomic E-state index is 0.0497. The van der Waals surface area contributed by atoms with Gasteiger partial charge < -0.3 is 10.1 Å². The van der Waals surface area contributed by atoms with E-state index in [0.29, 0.717) is 16.3 Å².